The van der Waals surface area contributed by atoms with E-state index in [4.69, 9.17) is 0 Å². The second kappa shape index (κ2) is 5.92. The number of nitro benzene ring substituents is 1. The van der Waals surface area contributed by atoms with E-state index in [2.05, 4.69) is 5.32 Å². The van der Waals surface area contributed by atoms with Crippen LogP contribution in [0, 0.1) is 15.9 Å². The maximum atomic E-state index is 13.4. The predicted molar refractivity (Wildman–Crippen MR) is 71.8 cm³/mol. The van der Waals surface area contributed by atoms with Crippen molar-refractivity contribution in [3.63, 3.8) is 0 Å². The van der Waals surface area contributed by atoms with Gasteiger partial charge in [-0.05, 0) is 17.7 Å². The van der Waals surface area contributed by atoms with Crippen molar-refractivity contribution in [3.05, 3.63) is 70.0 Å². The minimum Gasteiger partial charge on any atom is -0.326 e. The second-order valence-electron chi connectivity index (χ2n) is 4.12. The van der Waals surface area contributed by atoms with E-state index in [0.717, 1.165) is 0 Å². The lowest BCUT2D eigenvalue weighted by atomic mass is 10.1. The molecule has 0 atom stereocenters. The fourth-order valence-electron chi connectivity index (χ4n) is 1.72. The Bertz CT molecular complexity index is 658. The molecular formula is C14H11FN2O3. The summed E-state index contributed by atoms with van der Waals surface area (Å²) in [7, 11) is 0. The number of carbonyl (C=O) groups excluding carboxylic acids is 1. The van der Waals surface area contributed by atoms with Crippen molar-refractivity contribution in [3.8, 4) is 0 Å². The van der Waals surface area contributed by atoms with Gasteiger partial charge in [0.05, 0.1) is 11.3 Å². The number of benzene rings is 2. The number of halogens is 1. The number of non-ortho nitro benzene ring substituents is 1. The Morgan fingerprint density at radius 2 is 1.95 bits per heavy atom. The average molecular weight is 274 g/mol. The van der Waals surface area contributed by atoms with Crippen molar-refractivity contribution in [1.29, 1.82) is 0 Å². The second-order valence-corrected chi connectivity index (χ2v) is 4.12. The summed E-state index contributed by atoms with van der Waals surface area (Å²) in [5.41, 5.74) is 0.463. The minimum absolute atomic E-state index is 0.117. The molecule has 0 aliphatic rings. The maximum Gasteiger partial charge on any atom is 0.271 e. The van der Waals surface area contributed by atoms with Crippen LogP contribution in [0.5, 0.6) is 0 Å². The molecule has 0 aromatic heterocycles. The first-order chi connectivity index (χ1) is 9.56. The van der Waals surface area contributed by atoms with Crippen molar-refractivity contribution in [2.45, 2.75) is 6.42 Å². The lowest BCUT2D eigenvalue weighted by Crippen LogP contribution is -2.15. The third-order valence-electron chi connectivity index (χ3n) is 2.65. The monoisotopic (exact) mass is 274 g/mol. The molecule has 2 aromatic rings. The van der Waals surface area contributed by atoms with E-state index in [1.165, 1.54) is 42.5 Å². The van der Waals surface area contributed by atoms with Gasteiger partial charge in [-0.1, -0.05) is 24.3 Å². The normalized spacial score (nSPS) is 10.1. The first-order valence-corrected chi connectivity index (χ1v) is 5.84. The molecule has 0 saturated carbocycles. The quantitative estimate of drug-likeness (QED) is 0.688. The van der Waals surface area contributed by atoms with Gasteiger partial charge in [-0.3, -0.25) is 14.9 Å². The highest BCUT2D eigenvalue weighted by Gasteiger charge is 2.10. The number of hydrogen-bond donors (Lipinski definition) is 1. The molecule has 0 spiro atoms. The zero-order valence-electron chi connectivity index (χ0n) is 10.4. The van der Waals surface area contributed by atoms with E-state index in [1.807, 2.05) is 0 Å². The van der Waals surface area contributed by atoms with Gasteiger partial charge in [-0.15, -0.1) is 0 Å². The van der Waals surface area contributed by atoms with Gasteiger partial charge in [0.2, 0.25) is 5.91 Å². The van der Waals surface area contributed by atoms with Crippen molar-refractivity contribution < 1.29 is 14.1 Å². The molecule has 20 heavy (non-hydrogen) atoms. The summed E-state index contributed by atoms with van der Waals surface area (Å²) in [5.74, 6) is -0.891. The van der Waals surface area contributed by atoms with Gasteiger partial charge in [-0.2, -0.15) is 0 Å². The molecule has 2 aromatic carbocycles. The first kappa shape index (κ1) is 13.7. The zero-order valence-corrected chi connectivity index (χ0v) is 10.4. The number of hydrogen-bond acceptors (Lipinski definition) is 3. The molecule has 0 saturated heterocycles. The van der Waals surface area contributed by atoms with Crippen molar-refractivity contribution in [2.24, 2.45) is 0 Å². The van der Waals surface area contributed by atoms with Gasteiger partial charge in [0.25, 0.3) is 5.69 Å². The number of nitro groups is 1. The number of nitrogens with zero attached hydrogens (tertiary/aromatic N) is 1. The fraction of sp³-hybridized carbons (Fsp3) is 0.0714. The van der Waals surface area contributed by atoms with E-state index in [-0.39, 0.29) is 17.7 Å². The topological polar surface area (TPSA) is 72.2 Å². The summed E-state index contributed by atoms with van der Waals surface area (Å²) in [6, 6.07) is 11.5. The summed E-state index contributed by atoms with van der Waals surface area (Å²) in [6.07, 6.45) is -0.130. The van der Waals surface area contributed by atoms with Gasteiger partial charge in [0, 0.05) is 17.8 Å². The van der Waals surface area contributed by atoms with Crippen LogP contribution < -0.4 is 5.32 Å². The van der Waals surface area contributed by atoms with Crippen LogP contribution in [0.25, 0.3) is 0 Å². The van der Waals surface area contributed by atoms with Crippen LogP contribution in [0.4, 0.5) is 15.8 Å². The molecular weight excluding hydrogens is 263 g/mol. The van der Waals surface area contributed by atoms with E-state index in [0.29, 0.717) is 5.69 Å². The van der Waals surface area contributed by atoms with Crippen molar-refractivity contribution in [2.75, 3.05) is 5.32 Å². The maximum absolute atomic E-state index is 13.4. The van der Waals surface area contributed by atoms with Crippen LogP contribution in [0.3, 0.4) is 0 Å². The lowest BCUT2D eigenvalue weighted by molar-refractivity contribution is -0.384. The standard InChI is InChI=1S/C14H11FN2O3/c15-13-7-2-1-4-10(13)8-14(18)16-11-5-3-6-12(9-11)17(19)20/h1-7,9H,8H2,(H,16,18). The molecule has 6 heteroatoms. The van der Waals surface area contributed by atoms with E-state index >= 15 is 0 Å². The number of amides is 1. The third-order valence-corrected chi connectivity index (χ3v) is 2.65. The molecule has 0 heterocycles. The first-order valence-electron chi connectivity index (χ1n) is 5.84. The summed E-state index contributed by atoms with van der Waals surface area (Å²) < 4.78 is 13.4. The van der Waals surface area contributed by atoms with E-state index in [1.54, 1.807) is 6.07 Å². The van der Waals surface area contributed by atoms with Gasteiger partial charge in [0.1, 0.15) is 5.82 Å². The number of carbonyl (C=O) groups is 1. The molecule has 0 unspecified atom stereocenters. The van der Waals surface area contributed by atoms with Crippen LogP contribution in [0.15, 0.2) is 48.5 Å². The molecule has 0 aliphatic heterocycles. The molecule has 0 aliphatic carbocycles. The smallest absolute Gasteiger partial charge is 0.271 e. The molecule has 2 rings (SSSR count). The largest absolute Gasteiger partial charge is 0.326 e. The van der Waals surface area contributed by atoms with Gasteiger partial charge in [-0.25, -0.2) is 4.39 Å². The average Bonchev–Trinajstić information content (AvgIpc) is 2.41. The van der Waals surface area contributed by atoms with E-state index < -0.39 is 16.6 Å². The Labute approximate surface area is 114 Å². The Hall–Kier alpha value is -2.76. The minimum atomic E-state index is -0.549. The van der Waals surface area contributed by atoms with Crippen molar-refractivity contribution in [1.82, 2.24) is 0 Å². The van der Waals surface area contributed by atoms with Gasteiger partial charge in [0.15, 0.2) is 0 Å². The number of rotatable bonds is 4. The van der Waals surface area contributed by atoms with Crippen LogP contribution in [0.1, 0.15) is 5.56 Å². The summed E-state index contributed by atoms with van der Waals surface area (Å²) in [6.45, 7) is 0. The van der Waals surface area contributed by atoms with Crippen LogP contribution in [-0.4, -0.2) is 10.8 Å². The molecule has 0 fully saturated rings. The molecule has 0 bridgehead atoms. The SMILES string of the molecule is O=C(Cc1ccccc1F)Nc1cccc([N+](=O)[O-])c1. The number of nitrogens with one attached hydrogen (secondary N) is 1. The Kier molecular flexibility index (Phi) is 4.05. The Balaban J connectivity index is 2.07. The molecule has 1 N–H and O–H groups in total. The molecule has 5 nitrogen and oxygen atoms in total. The highest BCUT2D eigenvalue weighted by atomic mass is 19.1. The van der Waals surface area contributed by atoms with Gasteiger partial charge >= 0.3 is 0 Å². The number of anilines is 1. The van der Waals surface area contributed by atoms with Crippen LogP contribution in [0.2, 0.25) is 0 Å². The van der Waals surface area contributed by atoms with Crippen molar-refractivity contribution >= 4 is 17.3 Å². The highest BCUT2D eigenvalue weighted by Crippen LogP contribution is 2.17. The van der Waals surface area contributed by atoms with Gasteiger partial charge < -0.3 is 5.32 Å². The Morgan fingerprint density at radius 1 is 1.20 bits per heavy atom. The third kappa shape index (κ3) is 3.38. The fourth-order valence-corrected chi connectivity index (χ4v) is 1.72. The zero-order chi connectivity index (χ0) is 14.5. The molecule has 0 radical (unpaired) electrons. The summed E-state index contributed by atoms with van der Waals surface area (Å²) in [4.78, 5) is 21.8. The van der Waals surface area contributed by atoms with Crippen LogP contribution in [-0.2, 0) is 11.2 Å². The van der Waals surface area contributed by atoms with E-state index in [9.17, 15) is 19.3 Å². The Morgan fingerprint density at radius 3 is 2.65 bits per heavy atom. The predicted octanol–water partition coefficient (Wildman–Crippen LogP) is 2.92. The highest BCUT2D eigenvalue weighted by molar-refractivity contribution is 5.92. The molecule has 102 valence electrons. The summed E-state index contributed by atoms with van der Waals surface area (Å²) in [5, 5.41) is 13.1. The van der Waals surface area contributed by atoms with Crippen LogP contribution >= 0.6 is 0 Å². The molecule has 1 amide bonds. The summed E-state index contributed by atoms with van der Waals surface area (Å²) >= 11 is 0. The lowest BCUT2D eigenvalue weighted by Gasteiger charge is -2.05.